The number of amides is 1. The van der Waals surface area contributed by atoms with Crippen molar-refractivity contribution >= 4 is 40.1 Å². The second kappa shape index (κ2) is 6.55. The van der Waals surface area contributed by atoms with Gasteiger partial charge in [0.15, 0.2) is 9.79 Å². The van der Waals surface area contributed by atoms with Crippen LogP contribution >= 0.6 is 11.6 Å². The van der Waals surface area contributed by atoms with Crippen molar-refractivity contribution in [2.24, 2.45) is 0 Å². The molecule has 1 amide bonds. The third-order valence-corrected chi connectivity index (χ3v) is 5.76. The van der Waals surface area contributed by atoms with Gasteiger partial charge in [-0.05, 0) is 36.4 Å². The number of halogens is 1. The highest BCUT2D eigenvalue weighted by atomic mass is 35.5. The summed E-state index contributed by atoms with van der Waals surface area (Å²) < 4.78 is 14.6. The predicted molar refractivity (Wildman–Crippen MR) is 96.6 cm³/mol. The van der Waals surface area contributed by atoms with E-state index in [1.165, 1.54) is 0 Å². The number of anilines is 2. The second-order valence-corrected chi connectivity index (χ2v) is 7.45. The van der Waals surface area contributed by atoms with Gasteiger partial charge in [0.1, 0.15) is 11.4 Å². The van der Waals surface area contributed by atoms with E-state index in [4.69, 9.17) is 11.6 Å². The van der Waals surface area contributed by atoms with Gasteiger partial charge >= 0.3 is 0 Å². The average molecular weight is 372 g/mol. The molecule has 1 unspecified atom stereocenters. The van der Waals surface area contributed by atoms with E-state index in [1.54, 1.807) is 40.0 Å². The molecule has 1 aliphatic rings. The highest BCUT2D eigenvalue weighted by Crippen LogP contribution is 2.45. The van der Waals surface area contributed by atoms with Gasteiger partial charge in [0.2, 0.25) is 5.91 Å². The lowest BCUT2D eigenvalue weighted by molar-refractivity contribution is -0.118. The van der Waals surface area contributed by atoms with Crippen molar-refractivity contribution in [3.05, 3.63) is 65.9 Å². The van der Waals surface area contributed by atoms with Gasteiger partial charge in [-0.1, -0.05) is 23.7 Å². The molecular weight excluding hydrogens is 358 g/mol. The number of aryl methyl sites for hydroxylation is 1. The van der Waals surface area contributed by atoms with Gasteiger partial charge in [-0.2, -0.15) is 5.10 Å². The van der Waals surface area contributed by atoms with Gasteiger partial charge in [0.05, 0.1) is 0 Å². The summed E-state index contributed by atoms with van der Waals surface area (Å²) in [6.45, 7) is 0.476. The number of fused-ring (bicyclic) bond motifs is 2. The fourth-order valence-corrected chi connectivity index (χ4v) is 4.38. The smallest absolute Gasteiger partial charge is 0.233 e. The summed E-state index contributed by atoms with van der Waals surface area (Å²) in [7, 11) is 0. The summed E-state index contributed by atoms with van der Waals surface area (Å²) in [4.78, 5) is 15.8. The molecule has 2 heterocycles. The summed E-state index contributed by atoms with van der Waals surface area (Å²) >= 11 is 4.79. The van der Waals surface area contributed by atoms with E-state index in [9.17, 15) is 9.35 Å². The molecule has 1 aromatic heterocycles. The van der Waals surface area contributed by atoms with Crippen LogP contribution in [0.15, 0.2) is 70.7 Å². The van der Waals surface area contributed by atoms with Gasteiger partial charge in [0, 0.05) is 41.6 Å². The van der Waals surface area contributed by atoms with E-state index in [-0.39, 0.29) is 12.3 Å². The maximum atomic E-state index is 13.0. The van der Waals surface area contributed by atoms with Crippen LogP contribution in [-0.2, 0) is 22.5 Å². The Balaban J connectivity index is 1.74. The van der Waals surface area contributed by atoms with Gasteiger partial charge in [-0.15, -0.1) is 0 Å². The van der Waals surface area contributed by atoms with Crippen LogP contribution in [0, 0.1) is 0 Å². The van der Waals surface area contributed by atoms with Crippen molar-refractivity contribution in [1.29, 1.82) is 0 Å². The molecule has 2 aromatic carbocycles. The van der Waals surface area contributed by atoms with E-state index < -0.39 is 11.2 Å². The molecule has 3 aromatic rings. The van der Waals surface area contributed by atoms with Crippen molar-refractivity contribution in [3.63, 3.8) is 0 Å². The third-order valence-electron chi connectivity index (χ3n) is 4.03. The zero-order valence-electron chi connectivity index (χ0n) is 13.1. The van der Waals surface area contributed by atoms with E-state index in [1.807, 2.05) is 30.5 Å². The number of carbonyl (C=O) groups is 1. The summed E-state index contributed by atoms with van der Waals surface area (Å²) in [6, 6.07) is 14.2. The molecule has 0 fully saturated rings. The topological polar surface area (TPSA) is 61.2 Å². The molecule has 0 bridgehead atoms. The molecule has 0 N–H and O–H groups in total. The van der Waals surface area contributed by atoms with Crippen LogP contribution in [0.3, 0.4) is 0 Å². The van der Waals surface area contributed by atoms with Gasteiger partial charge < -0.3 is 4.55 Å². The Morgan fingerprint density at radius 2 is 1.92 bits per heavy atom. The molecule has 0 saturated heterocycles. The molecule has 4 rings (SSSR count). The monoisotopic (exact) mass is 371 g/mol. The van der Waals surface area contributed by atoms with Crippen LogP contribution < -0.4 is 4.90 Å². The number of carbonyl (C=O) groups excluding carboxylic acids is 1. The number of rotatable bonds is 3. The maximum Gasteiger partial charge on any atom is 0.233 e. The van der Waals surface area contributed by atoms with Gasteiger partial charge in [0.25, 0.3) is 0 Å². The molecular formula is C18H14ClN3O2S. The lowest BCUT2D eigenvalue weighted by Gasteiger charge is -2.31. The molecule has 0 radical (unpaired) electrons. The molecule has 0 spiro atoms. The number of benzene rings is 2. The van der Waals surface area contributed by atoms with E-state index in [0.717, 1.165) is 0 Å². The van der Waals surface area contributed by atoms with Crippen LogP contribution in [0.4, 0.5) is 11.4 Å². The van der Waals surface area contributed by atoms with Crippen LogP contribution in [-0.4, -0.2) is 20.2 Å². The van der Waals surface area contributed by atoms with Gasteiger partial charge in [-0.3, -0.25) is 14.4 Å². The maximum absolute atomic E-state index is 13.0. The average Bonchev–Trinajstić information content (AvgIpc) is 3.13. The number of nitrogens with zero attached hydrogens (tertiary/aromatic N) is 3. The lowest BCUT2D eigenvalue weighted by Crippen LogP contribution is -2.32. The largest absolute Gasteiger partial charge is 0.606 e. The Bertz CT molecular complexity index is 930. The minimum atomic E-state index is -1.34. The standard InChI is InChI=1S/C18H14ClN3O2S/c19-13-6-7-17-15(12-13)22(14-4-1-2-5-16(14)25(17)24)18(23)8-11-21-10-3-9-20-21/h1-7,9-10,12H,8,11H2. The zero-order chi connectivity index (χ0) is 17.4. The number of hydrogen-bond donors (Lipinski definition) is 0. The fraction of sp³-hybridized carbons (Fsp3) is 0.111. The summed E-state index contributed by atoms with van der Waals surface area (Å²) in [5, 5.41) is 4.62. The second-order valence-electron chi connectivity index (χ2n) is 5.60. The molecule has 5 nitrogen and oxygen atoms in total. The first-order valence-electron chi connectivity index (χ1n) is 7.76. The Morgan fingerprint density at radius 3 is 2.72 bits per heavy atom. The molecule has 1 atom stereocenters. The minimum Gasteiger partial charge on any atom is -0.606 e. The number of para-hydroxylation sites is 1. The summed E-state index contributed by atoms with van der Waals surface area (Å²) in [6.07, 6.45) is 3.77. The highest BCUT2D eigenvalue weighted by Gasteiger charge is 2.36. The van der Waals surface area contributed by atoms with Crippen LogP contribution in [0.1, 0.15) is 6.42 Å². The van der Waals surface area contributed by atoms with Crippen LogP contribution in [0.5, 0.6) is 0 Å². The fourth-order valence-electron chi connectivity index (χ4n) is 2.89. The van der Waals surface area contributed by atoms with E-state index in [0.29, 0.717) is 32.7 Å². The predicted octanol–water partition coefficient (Wildman–Crippen LogP) is 3.77. The molecule has 0 aliphatic carbocycles. The van der Waals surface area contributed by atoms with E-state index in [2.05, 4.69) is 5.10 Å². The molecule has 7 heteroatoms. The zero-order valence-corrected chi connectivity index (χ0v) is 14.7. The normalized spacial score (nSPS) is 15.6. The SMILES string of the molecule is O=C(CCn1cccn1)N1c2ccccc2[S+]([O-])c2ccc(Cl)cc21. The van der Waals surface area contributed by atoms with Crippen molar-refractivity contribution in [2.75, 3.05) is 4.90 Å². The number of hydrogen-bond acceptors (Lipinski definition) is 3. The van der Waals surface area contributed by atoms with Crippen molar-refractivity contribution in [3.8, 4) is 0 Å². The molecule has 25 heavy (non-hydrogen) atoms. The quantitative estimate of drug-likeness (QED) is 0.658. The van der Waals surface area contributed by atoms with E-state index >= 15 is 0 Å². The molecule has 126 valence electrons. The highest BCUT2D eigenvalue weighted by molar-refractivity contribution is 7.92. The molecule has 1 aliphatic heterocycles. The lowest BCUT2D eigenvalue weighted by atomic mass is 10.2. The first-order valence-corrected chi connectivity index (χ1v) is 9.28. The summed E-state index contributed by atoms with van der Waals surface area (Å²) in [5.74, 6) is -0.0943. The van der Waals surface area contributed by atoms with Gasteiger partial charge in [-0.25, -0.2) is 0 Å². The Labute approximate surface area is 153 Å². The van der Waals surface area contributed by atoms with Crippen molar-refractivity contribution in [2.45, 2.75) is 22.8 Å². The first kappa shape index (κ1) is 16.2. The van der Waals surface area contributed by atoms with Crippen LogP contribution in [0.25, 0.3) is 0 Å². The third kappa shape index (κ3) is 2.93. The Morgan fingerprint density at radius 1 is 1.12 bits per heavy atom. The Kier molecular flexibility index (Phi) is 4.25. The van der Waals surface area contributed by atoms with Crippen molar-refractivity contribution in [1.82, 2.24) is 9.78 Å². The molecule has 0 saturated carbocycles. The summed E-state index contributed by atoms with van der Waals surface area (Å²) in [5.41, 5.74) is 1.22. The minimum absolute atomic E-state index is 0.0943. The van der Waals surface area contributed by atoms with Crippen molar-refractivity contribution < 1.29 is 9.35 Å². The Hall–Kier alpha value is -2.28. The van der Waals surface area contributed by atoms with Crippen LogP contribution in [0.2, 0.25) is 5.02 Å². The first-order chi connectivity index (χ1) is 12.1. The number of aromatic nitrogens is 2.